The first kappa shape index (κ1) is 15.3. The van der Waals surface area contributed by atoms with Crippen molar-refractivity contribution < 1.29 is 14.4 Å². The maximum atomic E-state index is 12.4. The summed E-state index contributed by atoms with van der Waals surface area (Å²) in [6.45, 7) is 2.43. The molecule has 1 N–H and O–H groups in total. The van der Waals surface area contributed by atoms with Crippen molar-refractivity contribution in [2.75, 3.05) is 25.6 Å². The van der Waals surface area contributed by atoms with Crippen LogP contribution in [0.1, 0.15) is 19.8 Å². The third-order valence-corrected chi connectivity index (χ3v) is 3.69. The Balaban J connectivity index is 2.08. The molecule has 0 aromatic heterocycles. The van der Waals surface area contributed by atoms with Gasteiger partial charge in [0.15, 0.2) is 0 Å². The molecule has 0 unspecified atom stereocenters. The SMILES string of the molecule is CCN(C(=O)NC1(C(=O)N(C)OC)CC1)c1ccccc1. The fourth-order valence-electron chi connectivity index (χ4n) is 2.23. The summed E-state index contributed by atoms with van der Waals surface area (Å²) in [6, 6.07) is 9.12. The van der Waals surface area contributed by atoms with Gasteiger partial charge in [-0.25, -0.2) is 9.86 Å². The predicted octanol–water partition coefficient (Wildman–Crippen LogP) is 1.77. The van der Waals surface area contributed by atoms with Crippen LogP contribution in [0.3, 0.4) is 0 Å². The summed E-state index contributed by atoms with van der Waals surface area (Å²) in [6.07, 6.45) is 1.27. The van der Waals surface area contributed by atoms with Gasteiger partial charge in [0.1, 0.15) is 5.54 Å². The molecular weight excluding hydrogens is 270 g/mol. The second kappa shape index (κ2) is 6.13. The molecule has 0 spiro atoms. The molecule has 6 heteroatoms. The van der Waals surface area contributed by atoms with Crippen molar-refractivity contribution in [3.05, 3.63) is 30.3 Å². The molecule has 114 valence electrons. The summed E-state index contributed by atoms with van der Waals surface area (Å²) in [5.74, 6) is -0.220. The zero-order valence-electron chi connectivity index (χ0n) is 12.6. The Bertz CT molecular complexity index is 514. The van der Waals surface area contributed by atoms with E-state index >= 15 is 0 Å². The van der Waals surface area contributed by atoms with Gasteiger partial charge in [0.25, 0.3) is 5.91 Å². The van der Waals surface area contributed by atoms with Crippen LogP contribution < -0.4 is 10.2 Å². The molecule has 21 heavy (non-hydrogen) atoms. The van der Waals surface area contributed by atoms with Crippen LogP contribution in [0.5, 0.6) is 0 Å². The third-order valence-electron chi connectivity index (χ3n) is 3.69. The maximum absolute atomic E-state index is 12.4. The van der Waals surface area contributed by atoms with E-state index < -0.39 is 5.54 Å². The summed E-state index contributed by atoms with van der Waals surface area (Å²) in [5, 5.41) is 4.01. The number of anilines is 1. The zero-order valence-corrected chi connectivity index (χ0v) is 12.6. The van der Waals surface area contributed by atoms with Crippen LogP contribution in [-0.4, -0.2) is 43.2 Å². The first-order chi connectivity index (χ1) is 10.0. The van der Waals surface area contributed by atoms with E-state index in [9.17, 15) is 9.59 Å². The highest BCUT2D eigenvalue weighted by molar-refractivity contribution is 5.98. The number of carbonyl (C=O) groups excluding carboxylic acids is 2. The van der Waals surface area contributed by atoms with Crippen LogP contribution in [0.4, 0.5) is 10.5 Å². The first-order valence-corrected chi connectivity index (χ1v) is 7.01. The molecule has 0 aliphatic heterocycles. The number of urea groups is 1. The molecule has 3 amide bonds. The molecule has 1 fully saturated rings. The van der Waals surface area contributed by atoms with Crippen molar-refractivity contribution in [3.63, 3.8) is 0 Å². The van der Waals surface area contributed by atoms with Crippen molar-refractivity contribution in [2.24, 2.45) is 0 Å². The van der Waals surface area contributed by atoms with Gasteiger partial charge in [0.05, 0.1) is 7.11 Å². The number of amides is 3. The lowest BCUT2D eigenvalue weighted by molar-refractivity contribution is -0.172. The van der Waals surface area contributed by atoms with Gasteiger partial charge in [-0.05, 0) is 31.9 Å². The smallest absolute Gasteiger partial charge is 0.322 e. The molecule has 6 nitrogen and oxygen atoms in total. The van der Waals surface area contributed by atoms with Gasteiger partial charge in [0.2, 0.25) is 0 Å². The second-order valence-electron chi connectivity index (χ2n) is 5.08. The van der Waals surface area contributed by atoms with Crippen LogP contribution in [0.25, 0.3) is 0 Å². The Morgan fingerprint density at radius 3 is 2.38 bits per heavy atom. The molecule has 1 saturated carbocycles. The largest absolute Gasteiger partial charge is 0.323 e. The number of benzene rings is 1. The van der Waals surface area contributed by atoms with E-state index in [0.29, 0.717) is 19.4 Å². The van der Waals surface area contributed by atoms with E-state index in [1.807, 2.05) is 37.3 Å². The topological polar surface area (TPSA) is 61.9 Å². The van der Waals surface area contributed by atoms with Crippen LogP contribution >= 0.6 is 0 Å². The van der Waals surface area contributed by atoms with Gasteiger partial charge in [-0.1, -0.05) is 18.2 Å². The molecule has 0 saturated heterocycles. The van der Waals surface area contributed by atoms with Gasteiger partial charge < -0.3 is 5.32 Å². The minimum atomic E-state index is -0.815. The molecule has 1 aliphatic carbocycles. The van der Waals surface area contributed by atoms with E-state index in [2.05, 4.69) is 5.32 Å². The highest BCUT2D eigenvalue weighted by atomic mass is 16.7. The lowest BCUT2D eigenvalue weighted by atomic mass is 10.2. The molecule has 0 atom stereocenters. The molecule has 1 aromatic rings. The van der Waals surface area contributed by atoms with Crippen molar-refractivity contribution in [2.45, 2.75) is 25.3 Å². The number of carbonyl (C=O) groups is 2. The Kier molecular flexibility index (Phi) is 4.47. The summed E-state index contributed by atoms with van der Waals surface area (Å²) in [5.41, 5.74) is -0.00909. The highest BCUT2D eigenvalue weighted by Gasteiger charge is 2.53. The third kappa shape index (κ3) is 3.16. The molecule has 2 rings (SSSR count). The van der Waals surface area contributed by atoms with E-state index in [-0.39, 0.29) is 11.9 Å². The normalized spacial score (nSPS) is 15.2. The Morgan fingerprint density at radius 1 is 1.29 bits per heavy atom. The van der Waals surface area contributed by atoms with E-state index in [1.54, 1.807) is 11.9 Å². The molecule has 1 aliphatic rings. The second-order valence-corrected chi connectivity index (χ2v) is 5.08. The van der Waals surface area contributed by atoms with Gasteiger partial charge in [-0.3, -0.25) is 14.5 Å². The van der Waals surface area contributed by atoms with Crippen LogP contribution in [0.2, 0.25) is 0 Å². The zero-order chi connectivity index (χ0) is 15.5. The lowest BCUT2D eigenvalue weighted by Gasteiger charge is -2.27. The number of hydrogen-bond acceptors (Lipinski definition) is 3. The first-order valence-electron chi connectivity index (χ1n) is 7.01. The minimum absolute atomic E-state index is 0.220. The van der Waals surface area contributed by atoms with Crippen LogP contribution in [0.15, 0.2) is 30.3 Å². The van der Waals surface area contributed by atoms with Crippen molar-refractivity contribution in [1.29, 1.82) is 0 Å². The fourth-order valence-corrected chi connectivity index (χ4v) is 2.23. The number of nitrogens with one attached hydrogen (secondary N) is 1. The van der Waals surface area contributed by atoms with Gasteiger partial charge >= 0.3 is 6.03 Å². The van der Waals surface area contributed by atoms with Crippen LogP contribution in [0, 0.1) is 0 Å². The van der Waals surface area contributed by atoms with Gasteiger partial charge in [-0.15, -0.1) is 0 Å². The standard InChI is InChI=1S/C15H21N3O3/c1-4-18(12-8-6-5-7-9-12)14(20)16-15(10-11-15)13(19)17(2)21-3/h5-9H,4,10-11H2,1-3H3,(H,16,20). The number of para-hydroxylation sites is 1. The molecule has 0 radical (unpaired) electrons. The van der Waals surface area contributed by atoms with Gasteiger partial charge in [0, 0.05) is 19.3 Å². The van der Waals surface area contributed by atoms with Crippen LogP contribution in [-0.2, 0) is 9.63 Å². The summed E-state index contributed by atoms with van der Waals surface area (Å²) >= 11 is 0. The minimum Gasteiger partial charge on any atom is -0.323 e. The van der Waals surface area contributed by atoms with Crippen molar-refractivity contribution in [3.8, 4) is 0 Å². The number of likely N-dealkylation sites (N-methyl/N-ethyl adjacent to an activating group) is 1. The fraction of sp³-hybridized carbons (Fsp3) is 0.467. The number of rotatable bonds is 5. The average Bonchev–Trinajstić information content (AvgIpc) is 3.28. The molecular formula is C15H21N3O3. The summed E-state index contributed by atoms with van der Waals surface area (Å²) in [4.78, 5) is 31.2. The van der Waals surface area contributed by atoms with E-state index in [0.717, 1.165) is 10.8 Å². The Morgan fingerprint density at radius 2 is 1.90 bits per heavy atom. The Labute approximate surface area is 124 Å². The predicted molar refractivity (Wildman–Crippen MR) is 79.7 cm³/mol. The maximum Gasteiger partial charge on any atom is 0.322 e. The van der Waals surface area contributed by atoms with E-state index in [1.165, 1.54) is 7.11 Å². The summed E-state index contributed by atoms with van der Waals surface area (Å²) < 4.78 is 0. The highest BCUT2D eigenvalue weighted by Crippen LogP contribution is 2.37. The number of hydrogen-bond donors (Lipinski definition) is 1. The monoisotopic (exact) mass is 291 g/mol. The van der Waals surface area contributed by atoms with Gasteiger partial charge in [-0.2, -0.15) is 0 Å². The molecule has 0 heterocycles. The molecule has 0 bridgehead atoms. The summed E-state index contributed by atoms with van der Waals surface area (Å²) in [7, 11) is 2.97. The van der Waals surface area contributed by atoms with Crippen molar-refractivity contribution >= 4 is 17.6 Å². The number of hydroxylamine groups is 2. The number of nitrogens with zero attached hydrogens (tertiary/aromatic N) is 2. The average molecular weight is 291 g/mol. The Hall–Kier alpha value is -2.08. The van der Waals surface area contributed by atoms with Crippen molar-refractivity contribution in [1.82, 2.24) is 10.4 Å². The molecule has 1 aromatic carbocycles. The lowest BCUT2D eigenvalue weighted by Crippen LogP contribution is -2.53. The quantitative estimate of drug-likeness (QED) is 0.841. The van der Waals surface area contributed by atoms with E-state index in [4.69, 9.17) is 4.84 Å².